The monoisotopic (exact) mass is 299 g/mol. The first-order valence-corrected chi connectivity index (χ1v) is 6.81. The Balaban J connectivity index is 1.78. The summed E-state index contributed by atoms with van der Waals surface area (Å²) in [4.78, 5) is 24.6. The van der Waals surface area contributed by atoms with Gasteiger partial charge in [-0.2, -0.15) is 0 Å². The fourth-order valence-electron chi connectivity index (χ4n) is 2.00. The number of nitrogens with zero attached hydrogens (tertiary/aromatic N) is 1. The molecule has 20 heavy (non-hydrogen) atoms. The standard InChI is InChI=1S/C14H15ClFNO3/c15-12-9-10(16)1-2-13(12)20-8-5-14(19)17-6-3-11(18)4-7-17/h1-2,9H,3-8H2. The van der Waals surface area contributed by atoms with Gasteiger partial charge in [0.1, 0.15) is 17.3 Å². The summed E-state index contributed by atoms with van der Waals surface area (Å²) in [7, 11) is 0. The van der Waals surface area contributed by atoms with Crippen molar-refractivity contribution in [2.24, 2.45) is 0 Å². The molecule has 6 heteroatoms. The maximum Gasteiger partial charge on any atom is 0.226 e. The number of hydrogen-bond acceptors (Lipinski definition) is 3. The molecule has 108 valence electrons. The van der Waals surface area contributed by atoms with E-state index in [4.69, 9.17) is 16.3 Å². The minimum atomic E-state index is -0.434. The first-order chi connectivity index (χ1) is 9.56. The van der Waals surface area contributed by atoms with E-state index in [0.717, 1.165) is 6.07 Å². The van der Waals surface area contributed by atoms with Gasteiger partial charge in [0.05, 0.1) is 18.1 Å². The minimum absolute atomic E-state index is 0.0456. The van der Waals surface area contributed by atoms with Crippen LogP contribution in [0.15, 0.2) is 18.2 Å². The Morgan fingerprint density at radius 3 is 2.70 bits per heavy atom. The summed E-state index contributed by atoms with van der Waals surface area (Å²) in [5, 5.41) is 0.181. The molecular weight excluding hydrogens is 285 g/mol. The summed E-state index contributed by atoms with van der Waals surface area (Å²) in [6.45, 7) is 1.14. The largest absolute Gasteiger partial charge is 0.491 e. The van der Waals surface area contributed by atoms with Gasteiger partial charge in [0, 0.05) is 25.9 Å². The highest BCUT2D eigenvalue weighted by Crippen LogP contribution is 2.24. The summed E-state index contributed by atoms with van der Waals surface area (Å²) >= 11 is 5.81. The van der Waals surface area contributed by atoms with Crippen LogP contribution in [0.3, 0.4) is 0 Å². The third-order valence-corrected chi connectivity index (χ3v) is 3.44. The zero-order valence-corrected chi connectivity index (χ0v) is 11.7. The molecule has 0 atom stereocenters. The van der Waals surface area contributed by atoms with Crippen LogP contribution in [-0.2, 0) is 9.59 Å². The van der Waals surface area contributed by atoms with Crippen LogP contribution < -0.4 is 4.74 Å². The molecule has 1 aliphatic rings. The minimum Gasteiger partial charge on any atom is -0.491 e. The summed E-state index contributed by atoms with van der Waals surface area (Å²) in [5.41, 5.74) is 0. The van der Waals surface area contributed by atoms with Gasteiger partial charge in [0.2, 0.25) is 5.91 Å². The molecule has 4 nitrogen and oxygen atoms in total. The van der Waals surface area contributed by atoms with Gasteiger partial charge in [0.25, 0.3) is 0 Å². The molecule has 0 N–H and O–H groups in total. The van der Waals surface area contributed by atoms with Crippen molar-refractivity contribution in [1.82, 2.24) is 4.90 Å². The van der Waals surface area contributed by atoms with Crippen molar-refractivity contribution >= 4 is 23.3 Å². The number of benzene rings is 1. The van der Waals surface area contributed by atoms with Crippen LogP contribution in [0, 0.1) is 5.82 Å². The van der Waals surface area contributed by atoms with Gasteiger partial charge >= 0.3 is 0 Å². The van der Waals surface area contributed by atoms with E-state index in [0.29, 0.717) is 31.7 Å². The molecule has 2 rings (SSSR count). The van der Waals surface area contributed by atoms with Gasteiger partial charge in [-0.25, -0.2) is 4.39 Å². The van der Waals surface area contributed by atoms with Crippen molar-refractivity contribution in [1.29, 1.82) is 0 Å². The van der Waals surface area contributed by atoms with Gasteiger partial charge in [-0.3, -0.25) is 9.59 Å². The molecule has 1 saturated heterocycles. The van der Waals surface area contributed by atoms with E-state index < -0.39 is 5.82 Å². The number of rotatable bonds is 4. The number of likely N-dealkylation sites (tertiary alicyclic amines) is 1. The highest BCUT2D eigenvalue weighted by Gasteiger charge is 2.20. The molecule has 1 aliphatic heterocycles. The lowest BCUT2D eigenvalue weighted by atomic mass is 10.1. The van der Waals surface area contributed by atoms with Gasteiger partial charge < -0.3 is 9.64 Å². The zero-order valence-electron chi connectivity index (χ0n) is 10.9. The Morgan fingerprint density at radius 1 is 1.35 bits per heavy atom. The first-order valence-electron chi connectivity index (χ1n) is 6.43. The van der Waals surface area contributed by atoms with Crippen molar-refractivity contribution < 1.29 is 18.7 Å². The second kappa shape index (κ2) is 6.70. The highest BCUT2D eigenvalue weighted by atomic mass is 35.5. The average Bonchev–Trinajstić information content (AvgIpc) is 2.42. The number of carbonyl (C=O) groups is 2. The number of ether oxygens (including phenoxy) is 1. The Labute approximate surface area is 121 Å². The Bertz CT molecular complexity index is 511. The molecule has 1 aromatic carbocycles. The smallest absolute Gasteiger partial charge is 0.226 e. The SMILES string of the molecule is O=C1CCN(C(=O)CCOc2ccc(F)cc2Cl)CC1. The first kappa shape index (κ1) is 14.8. The topological polar surface area (TPSA) is 46.6 Å². The normalized spacial score (nSPS) is 15.3. The molecule has 1 heterocycles. The lowest BCUT2D eigenvalue weighted by molar-refractivity contribution is -0.134. The summed E-state index contributed by atoms with van der Waals surface area (Å²) < 4.78 is 18.2. The van der Waals surface area contributed by atoms with Crippen LogP contribution in [0.4, 0.5) is 4.39 Å². The molecule has 1 fully saturated rings. The van der Waals surface area contributed by atoms with E-state index >= 15 is 0 Å². The second-order valence-corrected chi connectivity index (χ2v) is 5.00. The fourth-order valence-corrected chi connectivity index (χ4v) is 2.23. The van der Waals surface area contributed by atoms with Crippen LogP contribution >= 0.6 is 11.6 Å². The Hall–Kier alpha value is -1.62. The van der Waals surface area contributed by atoms with Crippen molar-refractivity contribution in [2.45, 2.75) is 19.3 Å². The predicted molar refractivity (Wildman–Crippen MR) is 72.3 cm³/mol. The number of Topliss-reactive ketones (excluding diaryl/α,β-unsaturated/α-hetero) is 1. The molecule has 0 unspecified atom stereocenters. The van der Waals surface area contributed by atoms with E-state index in [2.05, 4.69) is 0 Å². The number of piperidine rings is 1. The average molecular weight is 300 g/mol. The quantitative estimate of drug-likeness (QED) is 0.858. The summed E-state index contributed by atoms with van der Waals surface area (Å²) in [5.74, 6) is 0.0743. The predicted octanol–water partition coefficient (Wildman–Crippen LogP) is 2.44. The van der Waals surface area contributed by atoms with E-state index in [1.54, 1.807) is 4.90 Å². The molecule has 0 bridgehead atoms. The van der Waals surface area contributed by atoms with Crippen LogP contribution in [0.2, 0.25) is 5.02 Å². The molecule has 0 saturated carbocycles. The lowest BCUT2D eigenvalue weighted by Crippen LogP contribution is -2.39. The maximum atomic E-state index is 12.8. The van der Waals surface area contributed by atoms with Crippen LogP contribution in [0.1, 0.15) is 19.3 Å². The third-order valence-electron chi connectivity index (χ3n) is 3.14. The summed E-state index contributed by atoms with van der Waals surface area (Å²) in [6.07, 6.45) is 1.06. The zero-order chi connectivity index (χ0) is 14.5. The molecule has 0 radical (unpaired) electrons. The van der Waals surface area contributed by atoms with E-state index in [9.17, 15) is 14.0 Å². The molecule has 0 aromatic heterocycles. The highest BCUT2D eigenvalue weighted by molar-refractivity contribution is 6.32. The van der Waals surface area contributed by atoms with Gasteiger partial charge in [-0.1, -0.05) is 11.6 Å². The van der Waals surface area contributed by atoms with Gasteiger partial charge in [-0.15, -0.1) is 0 Å². The van der Waals surface area contributed by atoms with Crippen LogP contribution in [0.5, 0.6) is 5.75 Å². The van der Waals surface area contributed by atoms with Crippen LogP contribution in [0.25, 0.3) is 0 Å². The van der Waals surface area contributed by atoms with E-state index in [1.165, 1.54) is 12.1 Å². The van der Waals surface area contributed by atoms with E-state index in [-0.39, 0.29) is 29.7 Å². The maximum absolute atomic E-state index is 12.8. The molecule has 0 spiro atoms. The number of hydrogen-bond donors (Lipinski definition) is 0. The third kappa shape index (κ3) is 3.93. The Morgan fingerprint density at radius 2 is 2.05 bits per heavy atom. The Kier molecular flexibility index (Phi) is 4.95. The van der Waals surface area contributed by atoms with Crippen molar-refractivity contribution in [3.8, 4) is 5.75 Å². The van der Waals surface area contributed by atoms with Gasteiger partial charge in [-0.05, 0) is 18.2 Å². The lowest BCUT2D eigenvalue weighted by Gasteiger charge is -2.26. The number of ketones is 1. The van der Waals surface area contributed by atoms with Crippen molar-refractivity contribution in [2.75, 3.05) is 19.7 Å². The molecule has 1 amide bonds. The van der Waals surface area contributed by atoms with Crippen molar-refractivity contribution in [3.63, 3.8) is 0 Å². The van der Waals surface area contributed by atoms with E-state index in [1.807, 2.05) is 0 Å². The number of amides is 1. The van der Waals surface area contributed by atoms with Crippen LogP contribution in [-0.4, -0.2) is 36.3 Å². The number of halogens is 2. The van der Waals surface area contributed by atoms with Crippen molar-refractivity contribution in [3.05, 3.63) is 29.0 Å². The molecule has 1 aromatic rings. The molecule has 0 aliphatic carbocycles. The summed E-state index contributed by atoms with van der Waals surface area (Å²) in [6, 6.07) is 3.84. The second-order valence-electron chi connectivity index (χ2n) is 4.59. The molecular formula is C14H15ClFNO3. The van der Waals surface area contributed by atoms with Gasteiger partial charge in [0.15, 0.2) is 0 Å². The fraction of sp³-hybridized carbons (Fsp3) is 0.429. The number of carbonyl (C=O) groups excluding carboxylic acids is 2.